The van der Waals surface area contributed by atoms with Gasteiger partial charge in [-0.15, -0.1) is 0 Å². The zero-order chi connectivity index (χ0) is 13.1. The maximum atomic E-state index is 12.5. The first-order valence-corrected chi connectivity index (χ1v) is 6.40. The number of halogens is 2. The maximum Gasteiger partial charge on any atom is 0.263 e. The molecule has 18 heavy (non-hydrogen) atoms. The highest BCUT2D eigenvalue weighted by Gasteiger charge is 2.22. The van der Waals surface area contributed by atoms with Crippen molar-refractivity contribution in [3.8, 4) is 0 Å². The van der Waals surface area contributed by atoms with Gasteiger partial charge in [0, 0.05) is 37.3 Å². The van der Waals surface area contributed by atoms with Crippen LogP contribution in [0.4, 0.5) is 8.78 Å². The summed E-state index contributed by atoms with van der Waals surface area (Å²) in [5.41, 5.74) is 1.20. The number of piperazine rings is 1. The van der Waals surface area contributed by atoms with Gasteiger partial charge in [-0.25, -0.2) is 8.78 Å². The van der Waals surface area contributed by atoms with Crippen LogP contribution in [0.3, 0.4) is 0 Å². The second-order valence-corrected chi connectivity index (χ2v) is 5.13. The summed E-state index contributed by atoms with van der Waals surface area (Å²) in [7, 11) is 0. The molecule has 0 bridgehead atoms. The smallest absolute Gasteiger partial charge is 0.263 e. The molecule has 0 aliphatic carbocycles. The van der Waals surface area contributed by atoms with Crippen LogP contribution in [-0.2, 0) is 6.54 Å². The molecule has 1 aromatic rings. The first-order valence-electron chi connectivity index (χ1n) is 6.40. The van der Waals surface area contributed by atoms with Crippen molar-refractivity contribution in [3.05, 3.63) is 35.4 Å². The van der Waals surface area contributed by atoms with Gasteiger partial charge >= 0.3 is 0 Å². The van der Waals surface area contributed by atoms with Crippen molar-refractivity contribution in [1.29, 1.82) is 0 Å². The molecule has 1 aliphatic rings. The highest BCUT2D eigenvalue weighted by atomic mass is 19.3. The summed E-state index contributed by atoms with van der Waals surface area (Å²) >= 11 is 0. The lowest BCUT2D eigenvalue weighted by atomic mass is 10.1. The molecule has 1 saturated heterocycles. The Kier molecular flexibility index (Phi) is 4.30. The molecule has 0 aromatic heterocycles. The predicted octanol–water partition coefficient (Wildman–Crippen LogP) is 2.81. The Balaban J connectivity index is 1.99. The van der Waals surface area contributed by atoms with E-state index < -0.39 is 6.43 Å². The predicted molar refractivity (Wildman–Crippen MR) is 68.7 cm³/mol. The summed E-state index contributed by atoms with van der Waals surface area (Å²) in [6.07, 6.45) is -2.38. The van der Waals surface area contributed by atoms with Crippen molar-refractivity contribution < 1.29 is 8.78 Å². The van der Waals surface area contributed by atoms with Gasteiger partial charge in [0.25, 0.3) is 6.43 Å². The van der Waals surface area contributed by atoms with E-state index in [1.165, 1.54) is 12.1 Å². The third kappa shape index (κ3) is 3.27. The van der Waals surface area contributed by atoms with Crippen LogP contribution >= 0.6 is 0 Å². The van der Waals surface area contributed by atoms with Crippen molar-refractivity contribution in [2.45, 2.75) is 38.9 Å². The number of rotatable bonds is 3. The summed E-state index contributed by atoms with van der Waals surface area (Å²) in [5, 5.41) is 3.43. The zero-order valence-electron chi connectivity index (χ0n) is 10.9. The topological polar surface area (TPSA) is 15.3 Å². The number of benzene rings is 1. The van der Waals surface area contributed by atoms with Crippen molar-refractivity contribution in [2.75, 3.05) is 13.1 Å². The van der Waals surface area contributed by atoms with Crippen LogP contribution in [0.25, 0.3) is 0 Å². The van der Waals surface area contributed by atoms with Gasteiger partial charge in [0.05, 0.1) is 0 Å². The van der Waals surface area contributed by atoms with E-state index in [1.54, 1.807) is 12.1 Å². The maximum absolute atomic E-state index is 12.5. The Labute approximate surface area is 107 Å². The van der Waals surface area contributed by atoms with Crippen LogP contribution in [0.15, 0.2) is 24.3 Å². The number of alkyl halides is 2. The van der Waals surface area contributed by atoms with Crippen LogP contribution in [0.2, 0.25) is 0 Å². The highest BCUT2D eigenvalue weighted by Crippen LogP contribution is 2.20. The van der Waals surface area contributed by atoms with Crippen molar-refractivity contribution in [1.82, 2.24) is 10.2 Å². The lowest BCUT2D eigenvalue weighted by molar-refractivity contribution is 0.138. The summed E-state index contributed by atoms with van der Waals surface area (Å²) in [6, 6.07) is 7.63. The molecule has 100 valence electrons. The molecule has 1 aromatic carbocycles. The Morgan fingerprint density at radius 3 is 2.56 bits per heavy atom. The van der Waals surface area contributed by atoms with Crippen molar-refractivity contribution in [2.24, 2.45) is 0 Å². The third-order valence-corrected chi connectivity index (χ3v) is 3.51. The normalized spacial score (nSPS) is 25.6. The van der Waals surface area contributed by atoms with Gasteiger partial charge in [0.2, 0.25) is 0 Å². The first-order chi connectivity index (χ1) is 8.56. The van der Waals surface area contributed by atoms with E-state index in [0.29, 0.717) is 12.1 Å². The Hall–Kier alpha value is -1.00. The van der Waals surface area contributed by atoms with Gasteiger partial charge in [-0.1, -0.05) is 24.3 Å². The van der Waals surface area contributed by atoms with E-state index in [4.69, 9.17) is 0 Å². The zero-order valence-corrected chi connectivity index (χ0v) is 10.9. The number of hydrogen-bond acceptors (Lipinski definition) is 2. The molecule has 0 radical (unpaired) electrons. The number of nitrogens with one attached hydrogen (secondary N) is 1. The molecule has 1 aliphatic heterocycles. The molecular weight excluding hydrogens is 234 g/mol. The minimum absolute atomic E-state index is 0.0977. The van der Waals surface area contributed by atoms with Crippen LogP contribution in [-0.4, -0.2) is 30.1 Å². The molecule has 2 rings (SSSR count). The minimum Gasteiger partial charge on any atom is -0.311 e. The Bertz CT molecular complexity index is 378. The second kappa shape index (κ2) is 5.76. The number of hydrogen-bond donors (Lipinski definition) is 1. The van der Waals surface area contributed by atoms with E-state index in [0.717, 1.165) is 25.2 Å². The molecule has 1 N–H and O–H groups in total. The van der Waals surface area contributed by atoms with E-state index in [-0.39, 0.29) is 5.56 Å². The quantitative estimate of drug-likeness (QED) is 0.892. The lowest BCUT2D eigenvalue weighted by Crippen LogP contribution is -2.53. The van der Waals surface area contributed by atoms with E-state index >= 15 is 0 Å². The molecular formula is C14H20F2N2. The van der Waals surface area contributed by atoms with Crippen LogP contribution in [0.1, 0.15) is 31.4 Å². The van der Waals surface area contributed by atoms with Gasteiger partial charge < -0.3 is 5.32 Å². The Morgan fingerprint density at radius 1 is 1.28 bits per heavy atom. The van der Waals surface area contributed by atoms with Gasteiger partial charge in [-0.3, -0.25) is 4.90 Å². The SMILES string of the molecule is CC1CN(Cc2ccc(C(F)F)cc2)C(C)CN1. The first kappa shape index (κ1) is 13.4. The van der Waals surface area contributed by atoms with E-state index in [9.17, 15) is 8.78 Å². The second-order valence-electron chi connectivity index (χ2n) is 5.13. The Morgan fingerprint density at radius 2 is 1.94 bits per heavy atom. The van der Waals surface area contributed by atoms with Gasteiger partial charge in [-0.05, 0) is 19.4 Å². The molecule has 2 atom stereocenters. The molecule has 0 saturated carbocycles. The van der Waals surface area contributed by atoms with Gasteiger partial charge in [0.15, 0.2) is 0 Å². The minimum atomic E-state index is -2.38. The highest BCUT2D eigenvalue weighted by molar-refractivity contribution is 5.23. The molecule has 0 amide bonds. The summed E-state index contributed by atoms with van der Waals surface area (Å²) < 4.78 is 24.9. The third-order valence-electron chi connectivity index (χ3n) is 3.51. The van der Waals surface area contributed by atoms with Crippen molar-refractivity contribution in [3.63, 3.8) is 0 Å². The fourth-order valence-corrected chi connectivity index (χ4v) is 2.32. The molecule has 0 spiro atoms. The lowest BCUT2D eigenvalue weighted by Gasteiger charge is -2.37. The van der Waals surface area contributed by atoms with Crippen LogP contribution < -0.4 is 5.32 Å². The standard InChI is InChI=1S/C14H20F2N2/c1-10-8-18(11(2)7-17-10)9-12-3-5-13(6-4-12)14(15)16/h3-6,10-11,14,17H,7-9H2,1-2H3. The fraction of sp³-hybridized carbons (Fsp3) is 0.571. The summed E-state index contributed by atoms with van der Waals surface area (Å²) in [5.74, 6) is 0. The molecule has 2 unspecified atom stereocenters. The molecule has 2 nitrogen and oxygen atoms in total. The van der Waals surface area contributed by atoms with E-state index in [1.807, 2.05) is 0 Å². The molecule has 4 heteroatoms. The average molecular weight is 254 g/mol. The monoisotopic (exact) mass is 254 g/mol. The fourth-order valence-electron chi connectivity index (χ4n) is 2.32. The summed E-state index contributed by atoms with van der Waals surface area (Å²) in [4.78, 5) is 2.39. The van der Waals surface area contributed by atoms with Gasteiger partial charge in [-0.2, -0.15) is 0 Å². The van der Waals surface area contributed by atoms with Crippen LogP contribution in [0, 0.1) is 0 Å². The molecule has 1 heterocycles. The summed E-state index contributed by atoms with van der Waals surface area (Å²) in [6.45, 7) is 7.16. The van der Waals surface area contributed by atoms with Crippen molar-refractivity contribution >= 4 is 0 Å². The number of nitrogens with zero attached hydrogens (tertiary/aromatic N) is 1. The molecule has 1 fully saturated rings. The average Bonchev–Trinajstić information content (AvgIpc) is 2.34. The largest absolute Gasteiger partial charge is 0.311 e. The van der Waals surface area contributed by atoms with Gasteiger partial charge in [0.1, 0.15) is 0 Å². The van der Waals surface area contributed by atoms with E-state index in [2.05, 4.69) is 24.1 Å². The van der Waals surface area contributed by atoms with Crippen LogP contribution in [0.5, 0.6) is 0 Å².